The highest BCUT2D eigenvalue weighted by Gasteiger charge is 2.44. The van der Waals surface area contributed by atoms with Gasteiger partial charge in [0.25, 0.3) is 5.91 Å². The second-order valence-corrected chi connectivity index (χ2v) is 6.58. The molecule has 0 fully saturated rings. The molecule has 154 valence electrons. The van der Waals surface area contributed by atoms with Gasteiger partial charge in [-0.1, -0.05) is 0 Å². The summed E-state index contributed by atoms with van der Waals surface area (Å²) in [4.78, 5) is 26.9. The molecule has 1 heterocycles. The van der Waals surface area contributed by atoms with Crippen LogP contribution in [0, 0.1) is 0 Å². The van der Waals surface area contributed by atoms with E-state index < -0.39 is 17.9 Å². The van der Waals surface area contributed by atoms with Crippen LogP contribution in [0.4, 0.5) is 0 Å². The molecular weight excluding hydrogens is 378 g/mol. The molecule has 1 amide bonds. The fourth-order valence-electron chi connectivity index (χ4n) is 3.77. The van der Waals surface area contributed by atoms with Crippen LogP contribution in [0.25, 0.3) is 0 Å². The summed E-state index contributed by atoms with van der Waals surface area (Å²) in [6, 6.07) is 7.35. The minimum atomic E-state index is -1.08. The van der Waals surface area contributed by atoms with Crippen molar-refractivity contribution in [2.24, 2.45) is 0 Å². The Bertz CT molecular complexity index is 956. The van der Waals surface area contributed by atoms with E-state index in [0.29, 0.717) is 34.1 Å². The number of rotatable bonds is 6. The van der Waals surface area contributed by atoms with E-state index in [-0.39, 0.29) is 11.5 Å². The average Bonchev–Trinajstić information content (AvgIpc) is 2.74. The third-order valence-electron chi connectivity index (χ3n) is 5.20. The summed E-state index contributed by atoms with van der Waals surface area (Å²) < 4.78 is 21.4. The van der Waals surface area contributed by atoms with Gasteiger partial charge < -0.3 is 29.0 Å². The van der Waals surface area contributed by atoms with E-state index in [0.717, 1.165) is 0 Å². The van der Waals surface area contributed by atoms with Gasteiger partial charge in [0.05, 0.1) is 34.5 Å². The zero-order valence-electron chi connectivity index (χ0n) is 16.9. The van der Waals surface area contributed by atoms with Crippen LogP contribution < -0.4 is 18.9 Å². The number of nitrogens with zero attached hydrogens (tertiary/aromatic N) is 1. The van der Waals surface area contributed by atoms with E-state index in [9.17, 15) is 14.7 Å². The number of hydrogen-bond donors (Lipinski definition) is 1. The Morgan fingerprint density at radius 1 is 0.897 bits per heavy atom. The fourth-order valence-corrected chi connectivity index (χ4v) is 3.77. The molecule has 1 aliphatic heterocycles. The molecule has 0 saturated heterocycles. The zero-order valence-corrected chi connectivity index (χ0v) is 16.9. The maximum Gasteiger partial charge on any atom is 0.313 e. The predicted molar refractivity (Wildman–Crippen MR) is 104 cm³/mol. The first-order valence-electron chi connectivity index (χ1n) is 8.85. The molecule has 0 saturated carbocycles. The molecule has 8 nitrogen and oxygen atoms in total. The lowest BCUT2D eigenvalue weighted by molar-refractivity contribution is -0.140. The van der Waals surface area contributed by atoms with Gasteiger partial charge in [-0.2, -0.15) is 0 Å². The number of benzene rings is 2. The van der Waals surface area contributed by atoms with Crippen LogP contribution in [0.3, 0.4) is 0 Å². The van der Waals surface area contributed by atoms with Crippen molar-refractivity contribution >= 4 is 11.9 Å². The van der Waals surface area contributed by atoms with Crippen LogP contribution in [0.2, 0.25) is 0 Å². The van der Waals surface area contributed by atoms with Crippen LogP contribution in [0.15, 0.2) is 30.3 Å². The number of fused-ring (bicyclic) bond motifs is 1. The highest BCUT2D eigenvalue weighted by atomic mass is 16.5. The Morgan fingerprint density at radius 2 is 1.52 bits per heavy atom. The van der Waals surface area contributed by atoms with Crippen molar-refractivity contribution in [3.05, 3.63) is 47.0 Å². The largest absolute Gasteiger partial charge is 0.497 e. The second-order valence-electron chi connectivity index (χ2n) is 6.58. The Morgan fingerprint density at radius 3 is 2.07 bits per heavy atom. The lowest BCUT2D eigenvalue weighted by Gasteiger charge is -2.39. The van der Waals surface area contributed by atoms with Crippen molar-refractivity contribution in [2.45, 2.75) is 12.0 Å². The van der Waals surface area contributed by atoms with Gasteiger partial charge in [0.2, 0.25) is 0 Å². The van der Waals surface area contributed by atoms with Crippen molar-refractivity contribution in [1.82, 2.24) is 4.90 Å². The van der Waals surface area contributed by atoms with E-state index in [1.54, 1.807) is 31.3 Å². The fraction of sp³-hybridized carbons (Fsp3) is 0.333. The van der Waals surface area contributed by atoms with Crippen molar-refractivity contribution in [3.8, 4) is 23.0 Å². The van der Waals surface area contributed by atoms with Gasteiger partial charge in [-0.3, -0.25) is 9.59 Å². The van der Waals surface area contributed by atoms with Crippen molar-refractivity contribution in [3.63, 3.8) is 0 Å². The summed E-state index contributed by atoms with van der Waals surface area (Å²) in [7, 11) is 7.50. The minimum Gasteiger partial charge on any atom is -0.497 e. The van der Waals surface area contributed by atoms with Gasteiger partial charge in [-0.15, -0.1) is 0 Å². The second kappa shape index (κ2) is 7.90. The lowest BCUT2D eigenvalue weighted by atomic mass is 9.79. The molecule has 29 heavy (non-hydrogen) atoms. The maximum atomic E-state index is 13.2. The van der Waals surface area contributed by atoms with Gasteiger partial charge in [0.15, 0.2) is 11.5 Å². The molecule has 3 rings (SSSR count). The van der Waals surface area contributed by atoms with Crippen LogP contribution in [0.1, 0.15) is 33.4 Å². The van der Waals surface area contributed by atoms with Crippen molar-refractivity contribution in [2.75, 3.05) is 35.5 Å². The first kappa shape index (κ1) is 20.3. The quantitative estimate of drug-likeness (QED) is 0.795. The summed E-state index contributed by atoms with van der Waals surface area (Å²) in [5, 5.41) is 10.1. The lowest BCUT2D eigenvalue weighted by Crippen LogP contribution is -2.42. The van der Waals surface area contributed by atoms with Gasteiger partial charge >= 0.3 is 5.97 Å². The van der Waals surface area contributed by atoms with E-state index >= 15 is 0 Å². The Labute approximate surface area is 168 Å². The molecule has 1 aliphatic rings. The number of likely N-dealkylation sites (N-methyl/N-ethyl adjacent to an activating group) is 1. The van der Waals surface area contributed by atoms with Gasteiger partial charge in [-0.25, -0.2) is 0 Å². The van der Waals surface area contributed by atoms with E-state index in [4.69, 9.17) is 18.9 Å². The molecule has 2 aromatic carbocycles. The highest BCUT2D eigenvalue weighted by Crippen LogP contribution is 2.48. The number of aliphatic carboxylic acids is 1. The summed E-state index contributed by atoms with van der Waals surface area (Å²) in [5.74, 6) is -0.746. The molecule has 2 atom stereocenters. The van der Waals surface area contributed by atoms with Gasteiger partial charge in [0.1, 0.15) is 17.4 Å². The third kappa shape index (κ3) is 3.30. The molecule has 0 spiro atoms. The molecular formula is C21H23NO7. The first-order valence-corrected chi connectivity index (χ1v) is 8.85. The monoisotopic (exact) mass is 401 g/mol. The van der Waals surface area contributed by atoms with E-state index in [1.165, 1.54) is 39.4 Å². The third-order valence-corrected chi connectivity index (χ3v) is 5.20. The molecule has 1 N–H and O–H groups in total. The van der Waals surface area contributed by atoms with Gasteiger partial charge in [-0.05, 0) is 35.9 Å². The molecule has 2 aromatic rings. The van der Waals surface area contributed by atoms with Crippen LogP contribution in [0.5, 0.6) is 23.0 Å². The van der Waals surface area contributed by atoms with Crippen LogP contribution in [-0.4, -0.2) is 57.4 Å². The average molecular weight is 401 g/mol. The Balaban J connectivity index is 2.28. The predicted octanol–water partition coefficient (Wildman–Crippen LogP) is 2.72. The maximum absolute atomic E-state index is 13.2. The number of carboxylic acids is 1. The standard InChI is InChI=1S/C21H23NO7/c1-22-19(14-8-11(26-2)6-7-15(14)27-3)18(21(24)25)12-9-16(28-4)17(29-5)10-13(12)20(22)23/h6-10,18-19H,1-5H3,(H,24,25)/t18-,19+/m0/s1. The zero-order chi connectivity index (χ0) is 21.3. The number of hydrogen-bond acceptors (Lipinski definition) is 6. The topological polar surface area (TPSA) is 94.5 Å². The number of carbonyl (C=O) groups excluding carboxylic acids is 1. The van der Waals surface area contributed by atoms with Crippen LogP contribution in [-0.2, 0) is 4.79 Å². The summed E-state index contributed by atoms with van der Waals surface area (Å²) in [6.07, 6.45) is 0. The van der Waals surface area contributed by atoms with E-state index in [1.807, 2.05) is 0 Å². The Kier molecular flexibility index (Phi) is 5.54. The molecule has 8 heteroatoms. The highest BCUT2D eigenvalue weighted by molar-refractivity contribution is 6.01. The molecule has 0 bridgehead atoms. The minimum absolute atomic E-state index is 0.260. The molecule has 0 radical (unpaired) electrons. The smallest absolute Gasteiger partial charge is 0.313 e. The van der Waals surface area contributed by atoms with Crippen molar-refractivity contribution < 1.29 is 33.6 Å². The summed E-state index contributed by atoms with van der Waals surface area (Å²) >= 11 is 0. The first-order chi connectivity index (χ1) is 13.9. The van der Waals surface area contributed by atoms with Gasteiger partial charge in [0, 0.05) is 18.2 Å². The number of amides is 1. The Hall–Kier alpha value is -3.42. The number of carbonyl (C=O) groups is 2. The van der Waals surface area contributed by atoms with E-state index in [2.05, 4.69) is 0 Å². The summed E-state index contributed by atoms with van der Waals surface area (Å²) in [5.41, 5.74) is 1.15. The SMILES string of the molecule is COc1ccc(OC)c([C@@H]2[C@@H](C(=O)O)c3cc(OC)c(OC)cc3C(=O)N2C)c1. The molecule has 0 aliphatic carbocycles. The van der Waals surface area contributed by atoms with Crippen molar-refractivity contribution in [1.29, 1.82) is 0 Å². The van der Waals surface area contributed by atoms with Crippen LogP contribution >= 0.6 is 0 Å². The molecule has 0 aromatic heterocycles. The number of carboxylic acid groups (broad SMARTS) is 1. The normalized spacial score (nSPS) is 18.1. The summed E-state index contributed by atoms with van der Waals surface area (Å²) in [6.45, 7) is 0. The number of methoxy groups -OCH3 is 4. The number of ether oxygens (including phenoxy) is 4. The molecule has 0 unspecified atom stereocenters.